The molecule has 0 aromatic heterocycles. The summed E-state index contributed by atoms with van der Waals surface area (Å²) in [6, 6.07) is 5.87. The van der Waals surface area contributed by atoms with Gasteiger partial charge in [0.15, 0.2) is 0 Å². The second kappa shape index (κ2) is 7.77. The van der Waals surface area contributed by atoms with Crippen molar-refractivity contribution in [1.82, 2.24) is 5.32 Å². The normalized spacial score (nSPS) is 12.2. The zero-order valence-corrected chi connectivity index (χ0v) is 12.8. The number of benzene rings is 1. The Morgan fingerprint density at radius 3 is 2.89 bits per heavy atom. The summed E-state index contributed by atoms with van der Waals surface area (Å²) in [7, 11) is 0. The number of carbonyl (C=O) groups is 1. The number of esters is 1. The van der Waals surface area contributed by atoms with E-state index >= 15 is 0 Å². The first-order valence-corrected chi connectivity index (χ1v) is 7.05. The van der Waals surface area contributed by atoms with Crippen LogP contribution in [0.15, 0.2) is 22.7 Å². The molecular weight excluding hydrogens is 318 g/mol. The summed E-state index contributed by atoms with van der Waals surface area (Å²) in [6.45, 7) is 4.81. The molecule has 1 aromatic rings. The van der Waals surface area contributed by atoms with Crippen molar-refractivity contribution in [2.75, 3.05) is 13.2 Å². The van der Waals surface area contributed by atoms with Gasteiger partial charge in [0.25, 0.3) is 0 Å². The molecule has 0 radical (unpaired) electrons. The SMILES string of the molecule is CCOC(=O)CCNC(C)c1ccc(Br)cc1Cl. The molecule has 1 N–H and O–H groups in total. The van der Waals surface area contributed by atoms with Crippen LogP contribution in [0.3, 0.4) is 0 Å². The van der Waals surface area contributed by atoms with Gasteiger partial charge in [-0.25, -0.2) is 0 Å². The van der Waals surface area contributed by atoms with Gasteiger partial charge in [0, 0.05) is 22.1 Å². The highest BCUT2D eigenvalue weighted by atomic mass is 79.9. The Labute approximate surface area is 121 Å². The van der Waals surface area contributed by atoms with Gasteiger partial charge in [-0.2, -0.15) is 0 Å². The molecule has 0 aliphatic heterocycles. The average molecular weight is 335 g/mol. The van der Waals surface area contributed by atoms with Gasteiger partial charge in [-0.3, -0.25) is 4.79 Å². The van der Waals surface area contributed by atoms with Gasteiger partial charge in [0.2, 0.25) is 0 Å². The third-order valence-electron chi connectivity index (χ3n) is 2.51. The van der Waals surface area contributed by atoms with Crippen LogP contribution >= 0.6 is 27.5 Å². The monoisotopic (exact) mass is 333 g/mol. The summed E-state index contributed by atoms with van der Waals surface area (Å²) in [6.07, 6.45) is 0.367. The van der Waals surface area contributed by atoms with E-state index in [9.17, 15) is 4.79 Å². The summed E-state index contributed by atoms with van der Waals surface area (Å²) in [4.78, 5) is 11.2. The van der Waals surface area contributed by atoms with Crippen molar-refractivity contribution in [2.45, 2.75) is 26.3 Å². The molecule has 1 atom stereocenters. The highest BCUT2D eigenvalue weighted by molar-refractivity contribution is 9.10. The lowest BCUT2D eigenvalue weighted by Crippen LogP contribution is -2.23. The molecule has 0 aliphatic carbocycles. The van der Waals surface area contributed by atoms with Gasteiger partial charge in [-0.05, 0) is 31.5 Å². The summed E-state index contributed by atoms with van der Waals surface area (Å²) in [5.41, 5.74) is 1.02. The maximum absolute atomic E-state index is 11.2. The number of hydrogen-bond donors (Lipinski definition) is 1. The van der Waals surface area contributed by atoms with Crippen molar-refractivity contribution in [3.8, 4) is 0 Å². The Hall–Kier alpha value is -0.580. The number of hydrogen-bond acceptors (Lipinski definition) is 3. The smallest absolute Gasteiger partial charge is 0.307 e. The summed E-state index contributed by atoms with van der Waals surface area (Å²) in [5, 5.41) is 3.96. The van der Waals surface area contributed by atoms with Crippen LogP contribution in [-0.2, 0) is 9.53 Å². The van der Waals surface area contributed by atoms with Crippen molar-refractivity contribution in [3.63, 3.8) is 0 Å². The second-order valence-corrected chi connectivity index (χ2v) is 5.22. The first-order chi connectivity index (χ1) is 8.54. The van der Waals surface area contributed by atoms with E-state index < -0.39 is 0 Å². The van der Waals surface area contributed by atoms with E-state index in [-0.39, 0.29) is 12.0 Å². The summed E-state index contributed by atoms with van der Waals surface area (Å²) < 4.78 is 5.81. The standard InChI is InChI=1S/C13H17BrClNO2/c1-3-18-13(17)6-7-16-9(2)11-5-4-10(14)8-12(11)15/h4-5,8-9,16H,3,6-7H2,1-2H3. The fourth-order valence-electron chi connectivity index (χ4n) is 1.59. The minimum atomic E-state index is -0.181. The molecule has 3 nitrogen and oxygen atoms in total. The van der Waals surface area contributed by atoms with Gasteiger partial charge in [-0.15, -0.1) is 0 Å². The van der Waals surface area contributed by atoms with Crippen molar-refractivity contribution in [3.05, 3.63) is 33.3 Å². The van der Waals surface area contributed by atoms with Crippen LogP contribution in [0.2, 0.25) is 5.02 Å². The number of carbonyl (C=O) groups excluding carboxylic acids is 1. The fraction of sp³-hybridized carbons (Fsp3) is 0.462. The summed E-state index contributed by atoms with van der Waals surface area (Å²) in [5.74, 6) is -0.181. The topological polar surface area (TPSA) is 38.3 Å². The Balaban J connectivity index is 2.45. The lowest BCUT2D eigenvalue weighted by molar-refractivity contribution is -0.143. The van der Waals surface area contributed by atoms with Crippen molar-refractivity contribution >= 4 is 33.5 Å². The van der Waals surface area contributed by atoms with E-state index in [2.05, 4.69) is 21.2 Å². The molecule has 1 aromatic carbocycles. The zero-order chi connectivity index (χ0) is 13.5. The van der Waals surface area contributed by atoms with Crippen molar-refractivity contribution in [1.29, 1.82) is 0 Å². The summed E-state index contributed by atoms with van der Waals surface area (Å²) >= 11 is 9.52. The van der Waals surface area contributed by atoms with E-state index in [1.807, 2.05) is 25.1 Å². The molecule has 0 spiro atoms. The van der Waals surface area contributed by atoms with E-state index in [1.165, 1.54) is 0 Å². The lowest BCUT2D eigenvalue weighted by atomic mass is 10.1. The van der Waals surface area contributed by atoms with Gasteiger partial charge >= 0.3 is 5.97 Å². The molecular formula is C13H17BrClNO2. The van der Waals surface area contributed by atoms with Crippen LogP contribution in [-0.4, -0.2) is 19.1 Å². The van der Waals surface area contributed by atoms with E-state index in [1.54, 1.807) is 6.92 Å². The van der Waals surface area contributed by atoms with Crippen LogP contribution in [0.4, 0.5) is 0 Å². The minimum Gasteiger partial charge on any atom is -0.466 e. The molecule has 0 saturated heterocycles. The Kier molecular flexibility index (Phi) is 6.68. The Bertz CT molecular complexity index is 412. The molecule has 0 aliphatic rings. The van der Waals surface area contributed by atoms with Crippen LogP contribution in [0, 0.1) is 0 Å². The molecule has 0 bridgehead atoms. The second-order valence-electron chi connectivity index (χ2n) is 3.90. The molecule has 0 saturated carbocycles. The van der Waals surface area contributed by atoms with Crippen LogP contribution in [0.1, 0.15) is 31.9 Å². The highest BCUT2D eigenvalue weighted by Gasteiger charge is 2.10. The van der Waals surface area contributed by atoms with E-state index in [0.717, 1.165) is 10.0 Å². The Morgan fingerprint density at radius 2 is 2.28 bits per heavy atom. The highest BCUT2D eigenvalue weighted by Crippen LogP contribution is 2.26. The molecule has 5 heteroatoms. The zero-order valence-electron chi connectivity index (χ0n) is 10.5. The lowest BCUT2D eigenvalue weighted by Gasteiger charge is -2.15. The first-order valence-electron chi connectivity index (χ1n) is 5.88. The van der Waals surface area contributed by atoms with Crippen LogP contribution in [0.25, 0.3) is 0 Å². The minimum absolute atomic E-state index is 0.0972. The molecule has 0 heterocycles. The van der Waals surface area contributed by atoms with Gasteiger partial charge in [0.05, 0.1) is 13.0 Å². The van der Waals surface area contributed by atoms with Crippen LogP contribution < -0.4 is 5.32 Å². The molecule has 1 rings (SSSR count). The average Bonchev–Trinajstić information content (AvgIpc) is 2.29. The molecule has 1 unspecified atom stereocenters. The van der Waals surface area contributed by atoms with Gasteiger partial charge in [0.1, 0.15) is 0 Å². The number of ether oxygens (including phenoxy) is 1. The van der Waals surface area contributed by atoms with Gasteiger partial charge in [-0.1, -0.05) is 33.6 Å². The molecule has 0 amide bonds. The number of halogens is 2. The maximum atomic E-state index is 11.2. The number of nitrogens with one attached hydrogen (secondary N) is 1. The third kappa shape index (κ3) is 4.96. The molecule has 100 valence electrons. The van der Waals surface area contributed by atoms with Crippen molar-refractivity contribution in [2.24, 2.45) is 0 Å². The Morgan fingerprint density at radius 1 is 1.56 bits per heavy atom. The predicted octanol–water partition coefficient (Wildman–Crippen LogP) is 3.71. The maximum Gasteiger partial charge on any atom is 0.307 e. The predicted molar refractivity (Wildman–Crippen MR) is 76.8 cm³/mol. The molecule has 0 fully saturated rings. The van der Waals surface area contributed by atoms with Crippen molar-refractivity contribution < 1.29 is 9.53 Å². The largest absolute Gasteiger partial charge is 0.466 e. The van der Waals surface area contributed by atoms with E-state index in [4.69, 9.17) is 16.3 Å². The quantitative estimate of drug-likeness (QED) is 0.806. The van der Waals surface area contributed by atoms with E-state index in [0.29, 0.717) is 24.6 Å². The molecule has 18 heavy (non-hydrogen) atoms. The third-order valence-corrected chi connectivity index (χ3v) is 3.33. The van der Waals surface area contributed by atoms with Gasteiger partial charge < -0.3 is 10.1 Å². The fourth-order valence-corrected chi connectivity index (χ4v) is 2.42. The first kappa shape index (κ1) is 15.5. The van der Waals surface area contributed by atoms with Crippen LogP contribution in [0.5, 0.6) is 0 Å². The number of rotatable bonds is 6.